The topological polar surface area (TPSA) is 66.4 Å². The number of thiophene rings is 1. The lowest BCUT2D eigenvalue weighted by molar-refractivity contribution is 0.300. The Hall–Kier alpha value is -1.08. The monoisotopic (exact) mass is 317 g/mol. The van der Waals surface area contributed by atoms with Crippen LogP contribution in [0.5, 0.6) is 0 Å². The number of para-hydroxylation sites is 1. The molecule has 0 amide bonds. The molecular weight excluding hydrogens is 306 g/mol. The zero-order chi connectivity index (χ0) is 13.9. The van der Waals surface area contributed by atoms with E-state index in [4.69, 9.17) is 16.7 Å². The highest BCUT2D eigenvalue weighted by Gasteiger charge is 2.17. The van der Waals surface area contributed by atoms with E-state index >= 15 is 0 Å². The second kappa shape index (κ2) is 5.92. The number of anilines is 1. The maximum absolute atomic E-state index is 12.1. The molecule has 1 heterocycles. The van der Waals surface area contributed by atoms with Crippen LogP contribution in [0.2, 0.25) is 5.02 Å². The van der Waals surface area contributed by atoms with Crippen LogP contribution in [0.15, 0.2) is 40.6 Å². The van der Waals surface area contributed by atoms with Gasteiger partial charge in [0.15, 0.2) is 0 Å². The van der Waals surface area contributed by atoms with E-state index in [0.29, 0.717) is 17.1 Å². The Kier molecular flexibility index (Phi) is 4.46. The molecule has 19 heavy (non-hydrogen) atoms. The van der Waals surface area contributed by atoms with Crippen molar-refractivity contribution in [3.8, 4) is 0 Å². The van der Waals surface area contributed by atoms with Crippen molar-refractivity contribution in [1.29, 1.82) is 0 Å². The highest BCUT2D eigenvalue weighted by Crippen LogP contribution is 2.27. The molecule has 0 aliphatic carbocycles. The zero-order valence-corrected chi connectivity index (χ0v) is 12.2. The van der Waals surface area contributed by atoms with Gasteiger partial charge in [0.25, 0.3) is 10.0 Å². The summed E-state index contributed by atoms with van der Waals surface area (Å²) in [5.74, 6) is 0. The van der Waals surface area contributed by atoms with Crippen LogP contribution in [-0.4, -0.2) is 20.1 Å². The summed E-state index contributed by atoms with van der Waals surface area (Å²) in [6.07, 6.45) is 0.451. The summed E-state index contributed by atoms with van der Waals surface area (Å²) in [6, 6.07) is 9.87. The molecule has 0 saturated heterocycles. The third-order valence-corrected chi connectivity index (χ3v) is 5.71. The second-order valence-electron chi connectivity index (χ2n) is 3.78. The Morgan fingerprint density at radius 1 is 1.21 bits per heavy atom. The lowest BCUT2D eigenvalue weighted by atomic mass is 10.3. The number of nitrogens with one attached hydrogen (secondary N) is 1. The van der Waals surface area contributed by atoms with Crippen molar-refractivity contribution >= 4 is 38.6 Å². The minimum absolute atomic E-state index is 0.00204. The van der Waals surface area contributed by atoms with E-state index in [2.05, 4.69) is 4.72 Å². The molecule has 0 bridgehead atoms. The fourth-order valence-corrected chi connectivity index (χ4v) is 4.15. The minimum Gasteiger partial charge on any atom is -0.396 e. The predicted molar refractivity (Wildman–Crippen MR) is 77.4 cm³/mol. The maximum atomic E-state index is 12.1. The molecule has 4 nitrogen and oxygen atoms in total. The van der Waals surface area contributed by atoms with Gasteiger partial charge in [-0.1, -0.05) is 23.7 Å². The SMILES string of the molecule is O=S(=O)(Nc1ccccc1Cl)c1ccc(CCO)s1. The Morgan fingerprint density at radius 2 is 1.95 bits per heavy atom. The van der Waals surface area contributed by atoms with Gasteiger partial charge in [-0.2, -0.15) is 0 Å². The van der Waals surface area contributed by atoms with Crippen LogP contribution >= 0.6 is 22.9 Å². The van der Waals surface area contributed by atoms with E-state index < -0.39 is 10.0 Å². The van der Waals surface area contributed by atoms with Crippen molar-refractivity contribution in [2.45, 2.75) is 10.6 Å². The van der Waals surface area contributed by atoms with E-state index in [1.54, 1.807) is 30.3 Å². The molecule has 0 aliphatic heterocycles. The first kappa shape index (κ1) is 14.3. The molecular formula is C12H12ClNO3S2. The molecule has 1 aromatic heterocycles. The number of hydrogen-bond acceptors (Lipinski definition) is 4. The summed E-state index contributed by atoms with van der Waals surface area (Å²) >= 11 is 7.05. The highest BCUT2D eigenvalue weighted by molar-refractivity contribution is 7.94. The fraction of sp³-hybridized carbons (Fsp3) is 0.167. The molecule has 0 radical (unpaired) electrons. The van der Waals surface area contributed by atoms with Crippen LogP contribution in [0, 0.1) is 0 Å². The van der Waals surface area contributed by atoms with E-state index in [0.717, 1.165) is 16.2 Å². The highest BCUT2D eigenvalue weighted by atomic mass is 35.5. The number of rotatable bonds is 5. The van der Waals surface area contributed by atoms with Gasteiger partial charge in [-0.05, 0) is 24.3 Å². The summed E-state index contributed by atoms with van der Waals surface area (Å²) in [6.45, 7) is -0.00204. The Labute approximate surface area is 120 Å². The molecule has 0 unspecified atom stereocenters. The van der Waals surface area contributed by atoms with E-state index in [1.165, 1.54) is 6.07 Å². The van der Waals surface area contributed by atoms with Gasteiger partial charge in [0, 0.05) is 17.9 Å². The average Bonchev–Trinajstić information content (AvgIpc) is 2.82. The van der Waals surface area contributed by atoms with Gasteiger partial charge in [0.05, 0.1) is 10.7 Å². The third-order valence-electron chi connectivity index (χ3n) is 2.38. The zero-order valence-electron chi connectivity index (χ0n) is 9.84. The van der Waals surface area contributed by atoms with E-state index in [1.807, 2.05) is 0 Å². The van der Waals surface area contributed by atoms with Crippen LogP contribution in [-0.2, 0) is 16.4 Å². The number of halogens is 1. The molecule has 0 aliphatic rings. The van der Waals surface area contributed by atoms with Crippen LogP contribution in [0.1, 0.15) is 4.88 Å². The van der Waals surface area contributed by atoms with Crippen molar-refractivity contribution in [3.63, 3.8) is 0 Å². The van der Waals surface area contributed by atoms with Crippen LogP contribution in [0.25, 0.3) is 0 Å². The van der Waals surface area contributed by atoms with Crippen LogP contribution in [0.4, 0.5) is 5.69 Å². The third kappa shape index (κ3) is 3.48. The Balaban J connectivity index is 2.25. The number of sulfonamides is 1. The second-order valence-corrected chi connectivity index (χ2v) is 7.26. The van der Waals surface area contributed by atoms with Crippen molar-refractivity contribution in [1.82, 2.24) is 0 Å². The standard InChI is InChI=1S/C12H12ClNO3S2/c13-10-3-1-2-4-11(10)14-19(16,17)12-6-5-9(18-12)7-8-15/h1-6,14-15H,7-8H2. The first-order valence-corrected chi connectivity index (χ1v) is 8.17. The minimum atomic E-state index is -3.63. The Bertz CT molecular complexity index is 667. The number of aliphatic hydroxyl groups excluding tert-OH is 1. The summed E-state index contributed by atoms with van der Waals surface area (Å²) in [4.78, 5) is 0.821. The lowest BCUT2D eigenvalue weighted by Gasteiger charge is -2.07. The van der Waals surface area contributed by atoms with Crippen molar-refractivity contribution in [2.24, 2.45) is 0 Å². The summed E-state index contributed by atoms with van der Waals surface area (Å²) in [5.41, 5.74) is 0.348. The van der Waals surface area contributed by atoms with Crippen molar-refractivity contribution in [3.05, 3.63) is 46.3 Å². The molecule has 2 rings (SSSR count). The molecule has 0 spiro atoms. The number of hydrogen-bond donors (Lipinski definition) is 2. The lowest BCUT2D eigenvalue weighted by Crippen LogP contribution is -2.11. The van der Waals surface area contributed by atoms with E-state index in [-0.39, 0.29) is 10.8 Å². The smallest absolute Gasteiger partial charge is 0.271 e. The molecule has 0 fully saturated rings. The van der Waals surface area contributed by atoms with Crippen LogP contribution in [0.3, 0.4) is 0 Å². The van der Waals surface area contributed by atoms with Crippen molar-refractivity contribution < 1.29 is 13.5 Å². The van der Waals surface area contributed by atoms with Gasteiger partial charge >= 0.3 is 0 Å². The predicted octanol–water partition coefficient (Wildman–Crippen LogP) is 2.74. The first-order valence-electron chi connectivity index (χ1n) is 5.50. The van der Waals surface area contributed by atoms with Crippen LogP contribution < -0.4 is 4.72 Å². The molecule has 1 aromatic carbocycles. The largest absolute Gasteiger partial charge is 0.396 e. The van der Waals surface area contributed by atoms with Gasteiger partial charge in [0.1, 0.15) is 4.21 Å². The van der Waals surface area contributed by atoms with Gasteiger partial charge in [0.2, 0.25) is 0 Å². The van der Waals surface area contributed by atoms with Gasteiger partial charge in [-0.3, -0.25) is 4.72 Å². The van der Waals surface area contributed by atoms with Gasteiger partial charge in [-0.15, -0.1) is 11.3 Å². The molecule has 0 saturated carbocycles. The molecule has 7 heteroatoms. The fourth-order valence-electron chi connectivity index (χ4n) is 1.49. The molecule has 2 aromatic rings. The first-order chi connectivity index (χ1) is 9.03. The number of benzene rings is 1. The van der Waals surface area contributed by atoms with Gasteiger partial charge in [-0.25, -0.2) is 8.42 Å². The molecule has 102 valence electrons. The Morgan fingerprint density at radius 3 is 2.63 bits per heavy atom. The average molecular weight is 318 g/mol. The summed E-state index contributed by atoms with van der Waals surface area (Å²) in [7, 11) is -3.63. The molecule has 0 atom stereocenters. The normalized spacial score (nSPS) is 11.5. The van der Waals surface area contributed by atoms with Gasteiger partial charge < -0.3 is 5.11 Å². The quantitative estimate of drug-likeness (QED) is 0.891. The van der Waals surface area contributed by atoms with Crippen molar-refractivity contribution in [2.75, 3.05) is 11.3 Å². The summed E-state index contributed by atoms with van der Waals surface area (Å²) in [5, 5.41) is 9.17. The van der Waals surface area contributed by atoms with E-state index in [9.17, 15) is 8.42 Å². The summed E-state index contributed by atoms with van der Waals surface area (Å²) < 4.78 is 27.0. The molecule has 2 N–H and O–H groups in total. The number of aliphatic hydroxyl groups is 1. The maximum Gasteiger partial charge on any atom is 0.271 e.